The van der Waals surface area contributed by atoms with Crippen LogP contribution in [0.4, 0.5) is 0 Å². The molecule has 0 bridgehead atoms. The normalized spacial score (nSPS) is 14.8. The number of sulfonamides is 1. The Morgan fingerprint density at radius 3 is 2.46 bits per heavy atom. The van der Waals surface area contributed by atoms with Crippen LogP contribution < -0.4 is 4.74 Å². The Morgan fingerprint density at radius 2 is 1.73 bits per heavy atom. The van der Waals surface area contributed by atoms with Gasteiger partial charge in [0.1, 0.15) is 30.4 Å². The summed E-state index contributed by atoms with van der Waals surface area (Å²) in [7, 11) is -4.02. The number of benzene rings is 2. The molecule has 8 heteroatoms. The third-order valence-electron chi connectivity index (χ3n) is 3.88. The molecular weight excluding hydrogens is 358 g/mol. The molecule has 0 radical (unpaired) electrons. The summed E-state index contributed by atoms with van der Waals surface area (Å²) in [5, 5.41) is 0. The maximum Gasteiger partial charge on any atom is 0.327 e. The van der Waals surface area contributed by atoms with Gasteiger partial charge in [-0.1, -0.05) is 30.3 Å². The highest BCUT2D eigenvalue weighted by molar-refractivity contribution is 7.90. The molecule has 2 aromatic rings. The monoisotopic (exact) mass is 375 g/mol. The van der Waals surface area contributed by atoms with Crippen molar-refractivity contribution in [3.8, 4) is 5.75 Å². The fourth-order valence-electron chi connectivity index (χ4n) is 2.58. The highest BCUT2D eigenvalue weighted by atomic mass is 32.2. The quantitative estimate of drug-likeness (QED) is 0.565. The van der Waals surface area contributed by atoms with Gasteiger partial charge in [-0.05, 0) is 30.7 Å². The Morgan fingerprint density at radius 1 is 1.04 bits per heavy atom. The molecule has 26 heavy (non-hydrogen) atoms. The minimum atomic E-state index is -4.02. The fraction of sp³-hybridized carbons (Fsp3) is 0.222. The Balaban J connectivity index is 1.54. The van der Waals surface area contributed by atoms with Crippen molar-refractivity contribution < 1.29 is 27.5 Å². The van der Waals surface area contributed by atoms with Gasteiger partial charge in [0.25, 0.3) is 15.9 Å². The number of carbonyl (C=O) groups excluding carboxylic acids is 2. The molecule has 1 amide bonds. The van der Waals surface area contributed by atoms with Crippen LogP contribution in [-0.2, 0) is 19.6 Å². The summed E-state index contributed by atoms with van der Waals surface area (Å²) in [5.74, 6) is -0.867. The van der Waals surface area contributed by atoms with E-state index in [1.165, 1.54) is 18.2 Å². The van der Waals surface area contributed by atoms with E-state index in [2.05, 4.69) is 0 Å². The molecule has 0 saturated carbocycles. The van der Waals surface area contributed by atoms with Crippen LogP contribution >= 0.6 is 0 Å². The van der Waals surface area contributed by atoms with Gasteiger partial charge < -0.3 is 9.47 Å². The number of fused-ring (bicyclic) bond motifs is 1. The van der Waals surface area contributed by atoms with Crippen molar-refractivity contribution >= 4 is 21.9 Å². The summed E-state index contributed by atoms with van der Waals surface area (Å²) in [5.41, 5.74) is 1.01. The average Bonchev–Trinajstić information content (AvgIpc) is 2.81. The second-order valence-corrected chi connectivity index (χ2v) is 7.48. The number of ether oxygens (including phenoxy) is 2. The van der Waals surface area contributed by atoms with Crippen molar-refractivity contribution in [2.24, 2.45) is 0 Å². The number of hydrogen-bond donors (Lipinski definition) is 0. The molecule has 136 valence electrons. The molecule has 0 atom stereocenters. The predicted molar refractivity (Wildman–Crippen MR) is 92.3 cm³/mol. The molecule has 2 aromatic carbocycles. The van der Waals surface area contributed by atoms with Crippen LogP contribution in [0.1, 0.15) is 15.9 Å². The number of rotatable bonds is 6. The molecule has 0 unspecified atom stereocenters. The van der Waals surface area contributed by atoms with E-state index in [4.69, 9.17) is 9.47 Å². The molecule has 7 nitrogen and oxygen atoms in total. The highest BCUT2D eigenvalue weighted by Gasteiger charge is 2.42. The van der Waals surface area contributed by atoms with Gasteiger partial charge in [0, 0.05) is 0 Å². The summed E-state index contributed by atoms with van der Waals surface area (Å²) in [6, 6.07) is 13.2. The molecule has 1 aliphatic rings. The van der Waals surface area contributed by atoms with Gasteiger partial charge in [-0.2, -0.15) is 0 Å². The van der Waals surface area contributed by atoms with Crippen molar-refractivity contribution in [3.05, 3.63) is 59.7 Å². The third kappa shape index (κ3) is 3.41. The summed E-state index contributed by atoms with van der Waals surface area (Å²) in [6.45, 7) is 1.29. The van der Waals surface area contributed by atoms with E-state index in [0.29, 0.717) is 10.1 Å². The molecule has 1 heterocycles. The first-order chi connectivity index (χ1) is 12.4. The van der Waals surface area contributed by atoms with Crippen LogP contribution in [0, 0.1) is 6.92 Å². The predicted octanol–water partition coefficient (Wildman–Crippen LogP) is 1.76. The molecule has 3 rings (SSSR count). The van der Waals surface area contributed by atoms with Crippen molar-refractivity contribution in [2.45, 2.75) is 11.8 Å². The first kappa shape index (κ1) is 17.9. The largest absolute Gasteiger partial charge is 0.490 e. The van der Waals surface area contributed by atoms with Crippen molar-refractivity contribution in [3.63, 3.8) is 0 Å². The van der Waals surface area contributed by atoms with Crippen molar-refractivity contribution in [1.82, 2.24) is 4.31 Å². The van der Waals surface area contributed by atoms with Crippen LogP contribution in [-0.4, -0.2) is 44.4 Å². The molecule has 0 fully saturated rings. The molecule has 1 aliphatic heterocycles. The topological polar surface area (TPSA) is 90.0 Å². The minimum absolute atomic E-state index is 0.0534. The minimum Gasteiger partial charge on any atom is -0.490 e. The first-order valence-corrected chi connectivity index (χ1v) is 9.35. The van der Waals surface area contributed by atoms with Crippen LogP contribution in [0.2, 0.25) is 0 Å². The van der Waals surface area contributed by atoms with E-state index >= 15 is 0 Å². The summed E-state index contributed by atoms with van der Waals surface area (Å²) < 4.78 is 35.7. The van der Waals surface area contributed by atoms with E-state index in [-0.39, 0.29) is 23.7 Å². The van der Waals surface area contributed by atoms with Crippen molar-refractivity contribution in [1.29, 1.82) is 0 Å². The Labute approximate surface area is 151 Å². The van der Waals surface area contributed by atoms with E-state index in [1.807, 2.05) is 25.1 Å². The molecule has 0 spiro atoms. The number of esters is 1. The number of hydrogen-bond acceptors (Lipinski definition) is 6. The Kier molecular flexibility index (Phi) is 4.94. The third-order valence-corrected chi connectivity index (χ3v) is 5.67. The lowest BCUT2D eigenvalue weighted by Crippen LogP contribution is -2.36. The van der Waals surface area contributed by atoms with Gasteiger partial charge in [0.05, 0.1) is 5.56 Å². The lowest BCUT2D eigenvalue weighted by Gasteiger charge is -2.14. The van der Waals surface area contributed by atoms with E-state index < -0.39 is 28.4 Å². The number of amides is 1. The molecule has 0 N–H and O–H groups in total. The number of aryl methyl sites for hydroxylation is 1. The Hall–Kier alpha value is -2.87. The summed E-state index contributed by atoms with van der Waals surface area (Å²) in [4.78, 5) is 24.0. The lowest BCUT2D eigenvalue weighted by atomic mass is 10.2. The average molecular weight is 375 g/mol. The van der Waals surface area contributed by atoms with Crippen LogP contribution in [0.3, 0.4) is 0 Å². The smallest absolute Gasteiger partial charge is 0.327 e. The molecule has 0 aliphatic carbocycles. The van der Waals surface area contributed by atoms with Gasteiger partial charge in [0.2, 0.25) is 0 Å². The second-order valence-electron chi connectivity index (χ2n) is 5.65. The van der Waals surface area contributed by atoms with Gasteiger partial charge in [-0.3, -0.25) is 9.59 Å². The standard InChI is InChI=1S/C18H17NO6S/c1-13-6-2-4-8-15(13)24-10-11-25-17(20)12-19-18(21)14-7-3-5-9-16(14)26(19,22)23/h2-9H,10-12H2,1H3. The number of para-hydroxylation sites is 1. The fourth-order valence-corrected chi connectivity index (χ4v) is 4.09. The first-order valence-electron chi connectivity index (χ1n) is 7.91. The molecular formula is C18H17NO6S. The van der Waals surface area contributed by atoms with Gasteiger partial charge >= 0.3 is 5.97 Å². The highest BCUT2D eigenvalue weighted by Crippen LogP contribution is 2.29. The Bertz CT molecular complexity index is 954. The van der Waals surface area contributed by atoms with E-state index in [9.17, 15) is 18.0 Å². The van der Waals surface area contributed by atoms with E-state index in [1.54, 1.807) is 12.1 Å². The van der Waals surface area contributed by atoms with Crippen LogP contribution in [0.5, 0.6) is 5.75 Å². The number of nitrogens with zero attached hydrogens (tertiary/aromatic N) is 1. The van der Waals surface area contributed by atoms with Gasteiger partial charge in [0.15, 0.2) is 0 Å². The lowest BCUT2D eigenvalue weighted by molar-refractivity contribution is -0.144. The van der Waals surface area contributed by atoms with Crippen LogP contribution in [0.15, 0.2) is 53.4 Å². The SMILES string of the molecule is Cc1ccccc1OCCOC(=O)CN1C(=O)c2ccccc2S1(=O)=O. The van der Waals surface area contributed by atoms with E-state index in [0.717, 1.165) is 5.56 Å². The summed E-state index contributed by atoms with van der Waals surface area (Å²) >= 11 is 0. The molecule has 0 aromatic heterocycles. The molecule has 0 saturated heterocycles. The maximum absolute atomic E-state index is 12.4. The van der Waals surface area contributed by atoms with Gasteiger partial charge in [-0.25, -0.2) is 12.7 Å². The van der Waals surface area contributed by atoms with Gasteiger partial charge in [-0.15, -0.1) is 0 Å². The second kappa shape index (κ2) is 7.17. The maximum atomic E-state index is 12.4. The zero-order valence-electron chi connectivity index (χ0n) is 14.0. The number of carbonyl (C=O) groups is 2. The summed E-state index contributed by atoms with van der Waals surface area (Å²) in [6.07, 6.45) is 0. The van der Waals surface area contributed by atoms with Crippen LogP contribution in [0.25, 0.3) is 0 Å². The van der Waals surface area contributed by atoms with Crippen molar-refractivity contribution in [2.75, 3.05) is 19.8 Å². The zero-order valence-corrected chi connectivity index (χ0v) is 14.9. The zero-order chi connectivity index (χ0) is 18.7.